The van der Waals surface area contributed by atoms with Gasteiger partial charge in [0.05, 0.1) is 17.5 Å². The first kappa shape index (κ1) is 12.5. The third-order valence-corrected chi connectivity index (χ3v) is 3.60. The molecule has 0 bridgehead atoms. The Kier molecular flexibility index (Phi) is 3.90. The standard InChI is InChI=1S/C13H12N2O2S/c14-7-11-10(9-18-6-4-13(16)17)8-15-5-2-1-3-12(11)15/h1-3,5,8H,4,6,9H2,(H,16,17). The van der Waals surface area contributed by atoms with Crippen LogP contribution in [0.25, 0.3) is 5.52 Å². The second kappa shape index (κ2) is 5.61. The molecule has 0 aliphatic rings. The van der Waals surface area contributed by atoms with E-state index in [9.17, 15) is 10.1 Å². The van der Waals surface area contributed by atoms with Crippen molar-refractivity contribution < 1.29 is 9.90 Å². The topological polar surface area (TPSA) is 65.5 Å². The van der Waals surface area contributed by atoms with Gasteiger partial charge in [0.2, 0.25) is 0 Å². The summed E-state index contributed by atoms with van der Waals surface area (Å²) >= 11 is 1.53. The zero-order valence-corrected chi connectivity index (χ0v) is 10.5. The lowest BCUT2D eigenvalue weighted by atomic mass is 10.2. The van der Waals surface area contributed by atoms with Gasteiger partial charge in [-0.05, 0) is 17.7 Å². The van der Waals surface area contributed by atoms with Crippen LogP contribution in [0.3, 0.4) is 0 Å². The van der Waals surface area contributed by atoms with Gasteiger partial charge in [-0.15, -0.1) is 0 Å². The molecule has 0 radical (unpaired) electrons. The molecule has 2 aromatic rings. The molecule has 0 saturated heterocycles. The van der Waals surface area contributed by atoms with Crippen molar-refractivity contribution in [2.75, 3.05) is 5.75 Å². The molecule has 0 saturated carbocycles. The number of aromatic nitrogens is 1. The van der Waals surface area contributed by atoms with E-state index >= 15 is 0 Å². The summed E-state index contributed by atoms with van der Waals surface area (Å²) in [6, 6.07) is 7.94. The molecule has 0 spiro atoms. The minimum absolute atomic E-state index is 0.153. The van der Waals surface area contributed by atoms with E-state index in [-0.39, 0.29) is 6.42 Å². The fourth-order valence-corrected chi connectivity index (χ4v) is 2.66. The van der Waals surface area contributed by atoms with Crippen molar-refractivity contribution in [2.24, 2.45) is 0 Å². The molecule has 2 rings (SSSR count). The Balaban J connectivity index is 2.13. The molecule has 4 nitrogen and oxygen atoms in total. The normalized spacial score (nSPS) is 10.4. The van der Waals surface area contributed by atoms with Crippen LogP contribution in [0.1, 0.15) is 17.5 Å². The van der Waals surface area contributed by atoms with Crippen molar-refractivity contribution in [1.29, 1.82) is 5.26 Å². The maximum absolute atomic E-state index is 10.4. The van der Waals surface area contributed by atoms with Gasteiger partial charge in [0, 0.05) is 23.9 Å². The summed E-state index contributed by atoms with van der Waals surface area (Å²) < 4.78 is 1.92. The van der Waals surface area contributed by atoms with Gasteiger partial charge in [0.1, 0.15) is 6.07 Å². The molecule has 0 aliphatic carbocycles. The Morgan fingerprint density at radius 1 is 1.50 bits per heavy atom. The molecule has 92 valence electrons. The van der Waals surface area contributed by atoms with Crippen LogP contribution in [0.2, 0.25) is 0 Å². The predicted octanol–water partition coefficient (Wildman–Crippen LogP) is 2.52. The Morgan fingerprint density at radius 2 is 2.33 bits per heavy atom. The van der Waals surface area contributed by atoms with E-state index in [2.05, 4.69) is 6.07 Å². The van der Waals surface area contributed by atoms with E-state index in [0.29, 0.717) is 17.1 Å². The molecule has 0 amide bonds. The maximum atomic E-state index is 10.4. The lowest BCUT2D eigenvalue weighted by molar-refractivity contribution is -0.136. The van der Waals surface area contributed by atoms with E-state index < -0.39 is 5.97 Å². The van der Waals surface area contributed by atoms with Crippen LogP contribution in [0.15, 0.2) is 30.6 Å². The van der Waals surface area contributed by atoms with Gasteiger partial charge in [-0.2, -0.15) is 17.0 Å². The maximum Gasteiger partial charge on any atom is 0.304 e. The Bertz CT molecular complexity index is 613. The van der Waals surface area contributed by atoms with Gasteiger partial charge in [0.25, 0.3) is 0 Å². The van der Waals surface area contributed by atoms with Crippen LogP contribution in [0, 0.1) is 11.3 Å². The SMILES string of the molecule is N#Cc1c(CSCCC(=O)O)cn2ccccc12. The van der Waals surface area contributed by atoms with Crippen LogP contribution in [-0.4, -0.2) is 21.2 Å². The molecule has 0 aromatic carbocycles. The van der Waals surface area contributed by atoms with Crippen LogP contribution >= 0.6 is 11.8 Å². The van der Waals surface area contributed by atoms with Crippen LogP contribution in [0.4, 0.5) is 0 Å². The quantitative estimate of drug-likeness (QED) is 0.839. The highest BCUT2D eigenvalue weighted by atomic mass is 32.2. The Morgan fingerprint density at radius 3 is 3.06 bits per heavy atom. The molecular formula is C13H12N2O2S. The number of carboxylic acids is 1. The molecule has 5 heteroatoms. The third-order valence-electron chi connectivity index (χ3n) is 2.59. The summed E-state index contributed by atoms with van der Waals surface area (Å²) in [6.07, 6.45) is 3.99. The first-order valence-corrected chi connectivity index (χ1v) is 6.66. The molecule has 2 heterocycles. The highest BCUT2D eigenvalue weighted by Gasteiger charge is 2.09. The lowest BCUT2D eigenvalue weighted by Gasteiger charge is -1.97. The molecule has 0 fully saturated rings. The van der Waals surface area contributed by atoms with Crippen molar-refractivity contribution in [2.45, 2.75) is 12.2 Å². The van der Waals surface area contributed by atoms with Gasteiger partial charge in [-0.25, -0.2) is 0 Å². The zero-order valence-electron chi connectivity index (χ0n) is 9.67. The molecule has 18 heavy (non-hydrogen) atoms. The molecule has 0 unspecified atom stereocenters. The third kappa shape index (κ3) is 2.66. The number of carbonyl (C=O) groups is 1. The van der Waals surface area contributed by atoms with Gasteiger partial charge in [0.15, 0.2) is 0 Å². The van der Waals surface area contributed by atoms with E-state index in [0.717, 1.165) is 11.1 Å². The van der Waals surface area contributed by atoms with E-state index in [1.165, 1.54) is 11.8 Å². The van der Waals surface area contributed by atoms with Gasteiger partial charge in [-0.3, -0.25) is 4.79 Å². The summed E-state index contributed by atoms with van der Waals surface area (Å²) in [6.45, 7) is 0. The number of thioether (sulfide) groups is 1. The smallest absolute Gasteiger partial charge is 0.304 e. The number of rotatable bonds is 5. The Hall–Kier alpha value is -1.93. The van der Waals surface area contributed by atoms with Crippen molar-refractivity contribution in [3.63, 3.8) is 0 Å². The van der Waals surface area contributed by atoms with Crippen molar-refractivity contribution >= 4 is 23.2 Å². The van der Waals surface area contributed by atoms with Gasteiger partial charge in [-0.1, -0.05) is 6.07 Å². The van der Waals surface area contributed by atoms with Crippen molar-refractivity contribution in [3.8, 4) is 6.07 Å². The summed E-state index contributed by atoms with van der Waals surface area (Å²) in [4.78, 5) is 10.4. The number of aliphatic carboxylic acids is 1. The number of nitrogens with zero attached hydrogens (tertiary/aromatic N) is 2. The summed E-state index contributed by atoms with van der Waals surface area (Å²) in [5.74, 6) is 0.439. The van der Waals surface area contributed by atoms with E-state index in [1.807, 2.05) is 35.0 Å². The lowest BCUT2D eigenvalue weighted by Crippen LogP contribution is -1.96. The highest BCUT2D eigenvalue weighted by Crippen LogP contribution is 2.22. The second-order valence-electron chi connectivity index (χ2n) is 3.83. The largest absolute Gasteiger partial charge is 0.481 e. The van der Waals surface area contributed by atoms with Crippen LogP contribution in [-0.2, 0) is 10.5 Å². The predicted molar refractivity (Wildman–Crippen MR) is 70.5 cm³/mol. The van der Waals surface area contributed by atoms with E-state index in [1.54, 1.807) is 0 Å². The number of carboxylic acid groups (broad SMARTS) is 1. The number of hydrogen-bond acceptors (Lipinski definition) is 3. The molecule has 1 N–H and O–H groups in total. The fraction of sp³-hybridized carbons (Fsp3) is 0.231. The zero-order chi connectivity index (χ0) is 13.0. The summed E-state index contributed by atoms with van der Waals surface area (Å²) in [5, 5.41) is 17.7. The average molecular weight is 260 g/mol. The Labute approximate surface area is 109 Å². The summed E-state index contributed by atoms with van der Waals surface area (Å²) in [7, 11) is 0. The minimum atomic E-state index is -0.787. The monoisotopic (exact) mass is 260 g/mol. The van der Waals surface area contributed by atoms with Gasteiger partial charge < -0.3 is 9.51 Å². The number of nitriles is 1. The first-order valence-electron chi connectivity index (χ1n) is 5.50. The number of hydrogen-bond donors (Lipinski definition) is 1. The van der Waals surface area contributed by atoms with E-state index in [4.69, 9.17) is 5.11 Å². The minimum Gasteiger partial charge on any atom is -0.481 e. The fourth-order valence-electron chi connectivity index (χ4n) is 1.76. The average Bonchev–Trinajstić information content (AvgIpc) is 2.71. The highest BCUT2D eigenvalue weighted by molar-refractivity contribution is 7.98. The summed E-state index contributed by atoms with van der Waals surface area (Å²) in [5.41, 5.74) is 2.53. The molecular weight excluding hydrogens is 248 g/mol. The van der Waals surface area contributed by atoms with Crippen LogP contribution in [0.5, 0.6) is 0 Å². The molecule has 0 aliphatic heterocycles. The number of pyridine rings is 1. The van der Waals surface area contributed by atoms with Crippen LogP contribution < -0.4 is 0 Å². The molecule has 0 atom stereocenters. The first-order chi connectivity index (χ1) is 8.72. The molecule has 2 aromatic heterocycles. The number of fused-ring (bicyclic) bond motifs is 1. The van der Waals surface area contributed by atoms with Crippen molar-refractivity contribution in [3.05, 3.63) is 41.7 Å². The second-order valence-corrected chi connectivity index (χ2v) is 4.94. The van der Waals surface area contributed by atoms with Gasteiger partial charge >= 0.3 is 5.97 Å². The van der Waals surface area contributed by atoms with Crippen molar-refractivity contribution in [1.82, 2.24) is 4.40 Å².